The van der Waals surface area contributed by atoms with Gasteiger partial charge in [0.15, 0.2) is 0 Å². The van der Waals surface area contributed by atoms with Crippen molar-refractivity contribution in [1.82, 2.24) is 5.06 Å². The van der Waals surface area contributed by atoms with Gasteiger partial charge in [-0.3, -0.25) is 0 Å². The Morgan fingerprint density at radius 3 is 2.42 bits per heavy atom. The van der Waals surface area contributed by atoms with E-state index in [-0.39, 0.29) is 37.4 Å². The maximum absolute atomic E-state index is 12.0. The number of hydrogen-bond donors (Lipinski definition) is 0. The fourth-order valence-electron chi connectivity index (χ4n) is 3.59. The van der Waals surface area contributed by atoms with Crippen molar-refractivity contribution in [2.45, 2.75) is 57.4 Å². The number of carbonyl (C=O) groups is 2. The summed E-state index contributed by atoms with van der Waals surface area (Å²) in [6, 6.07) is 9.69. The van der Waals surface area contributed by atoms with Gasteiger partial charge in [-0.2, -0.15) is 0 Å². The van der Waals surface area contributed by atoms with Gasteiger partial charge in [-0.05, 0) is 38.2 Å². The van der Waals surface area contributed by atoms with Crippen molar-refractivity contribution in [3.05, 3.63) is 35.9 Å². The molecule has 2 atom stereocenters. The lowest BCUT2D eigenvalue weighted by molar-refractivity contribution is -0.193. The van der Waals surface area contributed by atoms with Crippen molar-refractivity contribution in [3.63, 3.8) is 0 Å². The summed E-state index contributed by atoms with van der Waals surface area (Å²) in [7, 11) is 0. The third kappa shape index (κ3) is 4.95. The van der Waals surface area contributed by atoms with Crippen LogP contribution in [0.2, 0.25) is 0 Å². The minimum Gasteiger partial charge on any atom is -0.464 e. The molecule has 0 saturated carbocycles. The minimum absolute atomic E-state index is 0.0166. The van der Waals surface area contributed by atoms with Crippen LogP contribution < -0.4 is 0 Å². The van der Waals surface area contributed by atoms with Crippen molar-refractivity contribution in [1.29, 1.82) is 0 Å². The van der Waals surface area contributed by atoms with E-state index >= 15 is 0 Å². The molecule has 1 aromatic carbocycles. The van der Waals surface area contributed by atoms with Gasteiger partial charge in [-0.15, -0.1) is 5.06 Å². The van der Waals surface area contributed by atoms with Crippen LogP contribution in [0.4, 0.5) is 4.79 Å². The molecule has 7 nitrogen and oxygen atoms in total. The number of fused-ring (bicyclic) bond motifs is 2. The van der Waals surface area contributed by atoms with Crippen LogP contribution in [0.1, 0.15) is 38.2 Å². The van der Waals surface area contributed by atoms with Gasteiger partial charge in [-0.1, -0.05) is 30.3 Å². The number of ether oxygens (including phenoxy) is 3. The molecule has 2 unspecified atom stereocenters. The Bertz CT molecular complexity index is 593. The van der Waals surface area contributed by atoms with Gasteiger partial charge in [0.25, 0.3) is 0 Å². The standard InChI is InChI=1S/C19H25NO6/c1-2-23-18(21)13-24-17-10-15-8-9-16(11-17)20(15)26-19(22)25-12-14-6-4-3-5-7-14/h3-7,15-17H,2,8-13H2,1H3. The quantitative estimate of drug-likeness (QED) is 0.690. The van der Waals surface area contributed by atoms with Gasteiger partial charge >= 0.3 is 12.1 Å². The van der Waals surface area contributed by atoms with E-state index < -0.39 is 6.16 Å². The first-order valence-electron chi connectivity index (χ1n) is 9.10. The predicted molar refractivity (Wildman–Crippen MR) is 92.0 cm³/mol. The van der Waals surface area contributed by atoms with E-state index in [0.717, 1.165) is 31.2 Å². The minimum atomic E-state index is -0.684. The van der Waals surface area contributed by atoms with Gasteiger partial charge in [0.05, 0.1) is 12.7 Å². The average Bonchev–Trinajstić information content (AvgIpc) is 2.88. The first-order chi connectivity index (χ1) is 12.7. The first kappa shape index (κ1) is 18.7. The lowest BCUT2D eigenvalue weighted by Crippen LogP contribution is -2.46. The molecule has 0 spiro atoms. The van der Waals surface area contributed by atoms with E-state index in [4.69, 9.17) is 19.0 Å². The molecule has 2 fully saturated rings. The van der Waals surface area contributed by atoms with Crippen LogP contribution in [0.3, 0.4) is 0 Å². The number of carbonyl (C=O) groups excluding carboxylic acids is 2. The van der Waals surface area contributed by atoms with E-state index in [2.05, 4.69) is 0 Å². The van der Waals surface area contributed by atoms with Gasteiger partial charge in [0.2, 0.25) is 0 Å². The topological polar surface area (TPSA) is 74.3 Å². The number of hydroxylamine groups is 2. The third-order valence-electron chi connectivity index (χ3n) is 4.74. The largest absolute Gasteiger partial charge is 0.528 e. The van der Waals surface area contributed by atoms with Crippen molar-refractivity contribution in [3.8, 4) is 0 Å². The molecule has 2 aliphatic rings. The van der Waals surface area contributed by atoms with Crippen LogP contribution in [0.5, 0.6) is 0 Å². The zero-order valence-corrected chi connectivity index (χ0v) is 15.0. The van der Waals surface area contributed by atoms with Crippen LogP contribution >= 0.6 is 0 Å². The molecule has 2 saturated heterocycles. The van der Waals surface area contributed by atoms with Gasteiger partial charge in [0, 0.05) is 12.1 Å². The van der Waals surface area contributed by atoms with Crippen molar-refractivity contribution in [2.24, 2.45) is 0 Å². The predicted octanol–water partition coefficient (Wildman–Crippen LogP) is 2.83. The highest BCUT2D eigenvalue weighted by molar-refractivity contribution is 5.70. The molecular weight excluding hydrogens is 338 g/mol. The Morgan fingerprint density at radius 2 is 1.77 bits per heavy atom. The number of hydrogen-bond acceptors (Lipinski definition) is 7. The van der Waals surface area contributed by atoms with Crippen LogP contribution in [0.25, 0.3) is 0 Å². The molecule has 2 heterocycles. The van der Waals surface area contributed by atoms with Crippen molar-refractivity contribution >= 4 is 12.1 Å². The summed E-state index contributed by atoms with van der Waals surface area (Å²) < 4.78 is 15.7. The smallest absolute Gasteiger partial charge is 0.464 e. The zero-order valence-electron chi connectivity index (χ0n) is 15.0. The number of benzene rings is 1. The van der Waals surface area contributed by atoms with Crippen LogP contribution in [-0.2, 0) is 30.4 Å². The number of piperidine rings is 1. The fraction of sp³-hybridized carbons (Fsp3) is 0.579. The molecule has 0 aromatic heterocycles. The summed E-state index contributed by atoms with van der Waals surface area (Å²) in [6.07, 6.45) is 2.63. The molecule has 0 aliphatic carbocycles. The number of rotatable bonds is 7. The van der Waals surface area contributed by atoms with E-state index in [9.17, 15) is 9.59 Å². The van der Waals surface area contributed by atoms with E-state index in [1.165, 1.54) is 0 Å². The second kappa shape index (κ2) is 9.00. The van der Waals surface area contributed by atoms with Gasteiger partial charge < -0.3 is 19.0 Å². The molecule has 7 heteroatoms. The Kier molecular flexibility index (Phi) is 6.46. The molecule has 0 amide bonds. The van der Waals surface area contributed by atoms with Crippen LogP contribution in [-0.4, -0.2) is 48.6 Å². The van der Waals surface area contributed by atoms with Crippen molar-refractivity contribution < 1.29 is 28.6 Å². The van der Waals surface area contributed by atoms with Crippen molar-refractivity contribution in [2.75, 3.05) is 13.2 Å². The molecule has 142 valence electrons. The number of esters is 1. The molecular formula is C19H25NO6. The van der Waals surface area contributed by atoms with E-state index in [1.807, 2.05) is 30.3 Å². The summed E-state index contributed by atoms with van der Waals surface area (Å²) in [4.78, 5) is 28.9. The van der Waals surface area contributed by atoms with Crippen LogP contribution in [0, 0.1) is 0 Å². The van der Waals surface area contributed by atoms with Gasteiger partial charge in [0.1, 0.15) is 13.2 Å². The summed E-state index contributed by atoms with van der Waals surface area (Å²) in [5, 5.41) is 1.75. The molecule has 3 rings (SSSR count). The first-order valence-corrected chi connectivity index (χ1v) is 9.10. The maximum Gasteiger partial charge on any atom is 0.528 e. The lowest BCUT2D eigenvalue weighted by atomic mass is 10.0. The third-order valence-corrected chi connectivity index (χ3v) is 4.74. The Balaban J connectivity index is 1.43. The fourth-order valence-corrected chi connectivity index (χ4v) is 3.59. The van der Waals surface area contributed by atoms with E-state index in [1.54, 1.807) is 12.0 Å². The Hall–Kier alpha value is -2.12. The molecule has 0 radical (unpaired) electrons. The molecule has 0 N–H and O–H groups in total. The number of nitrogens with zero attached hydrogens (tertiary/aromatic N) is 1. The summed E-state index contributed by atoms with van der Waals surface area (Å²) in [6.45, 7) is 2.28. The zero-order chi connectivity index (χ0) is 18.4. The summed E-state index contributed by atoms with van der Waals surface area (Å²) in [5.41, 5.74) is 0.915. The normalized spacial score (nSPS) is 24.9. The summed E-state index contributed by atoms with van der Waals surface area (Å²) >= 11 is 0. The average molecular weight is 363 g/mol. The Morgan fingerprint density at radius 1 is 1.08 bits per heavy atom. The molecule has 2 aliphatic heterocycles. The second-order valence-electron chi connectivity index (χ2n) is 6.57. The molecule has 2 bridgehead atoms. The molecule has 26 heavy (non-hydrogen) atoms. The summed E-state index contributed by atoms with van der Waals surface area (Å²) in [5.74, 6) is -0.344. The van der Waals surface area contributed by atoms with Crippen LogP contribution in [0.15, 0.2) is 30.3 Å². The highest BCUT2D eigenvalue weighted by Gasteiger charge is 2.44. The highest BCUT2D eigenvalue weighted by Crippen LogP contribution is 2.37. The Labute approximate surface area is 153 Å². The lowest BCUT2D eigenvalue weighted by Gasteiger charge is -2.36. The maximum atomic E-state index is 12.0. The molecule has 1 aromatic rings. The van der Waals surface area contributed by atoms with E-state index in [0.29, 0.717) is 6.61 Å². The SMILES string of the molecule is CCOC(=O)COC1CC2CCC(C1)N2OC(=O)OCc1ccccc1. The monoisotopic (exact) mass is 363 g/mol. The van der Waals surface area contributed by atoms with Gasteiger partial charge in [-0.25, -0.2) is 9.59 Å². The second-order valence-corrected chi connectivity index (χ2v) is 6.57. The highest BCUT2D eigenvalue weighted by atomic mass is 16.8.